The van der Waals surface area contributed by atoms with Gasteiger partial charge in [0.15, 0.2) is 11.5 Å². The van der Waals surface area contributed by atoms with E-state index in [1.165, 1.54) is 0 Å². The van der Waals surface area contributed by atoms with Crippen LogP contribution in [0.5, 0.6) is 11.5 Å². The zero-order chi connectivity index (χ0) is 19.3. The normalized spacial score (nSPS) is 22.6. The fraction of sp³-hybridized carbons (Fsp3) is 0.600. The van der Waals surface area contributed by atoms with Crippen LogP contribution >= 0.6 is 11.8 Å². The Hall–Kier alpha value is -1.93. The number of rotatable bonds is 4. The molecule has 1 aromatic carbocycles. The van der Waals surface area contributed by atoms with Crippen LogP contribution in [0.15, 0.2) is 18.2 Å². The summed E-state index contributed by atoms with van der Waals surface area (Å²) in [5.74, 6) is 3.45. The molecule has 2 amide bonds. The lowest BCUT2D eigenvalue weighted by molar-refractivity contribution is -0.136. The lowest BCUT2D eigenvalue weighted by Gasteiger charge is -2.32. The maximum atomic E-state index is 12.9. The molecule has 2 fully saturated rings. The summed E-state index contributed by atoms with van der Waals surface area (Å²) in [7, 11) is 0. The Morgan fingerprint density at radius 3 is 2.68 bits per heavy atom. The van der Waals surface area contributed by atoms with E-state index in [9.17, 15) is 9.59 Å². The summed E-state index contributed by atoms with van der Waals surface area (Å²) in [6.07, 6.45) is 2.63. The van der Waals surface area contributed by atoms with Crippen LogP contribution in [0.25, 0.3) is 0 Å². The molecule has 28 heavy (non-hydrogen) atoms. The van der Waals surface area contributed by atoms with Crippen molar-refractivity contribution in [2.24, 2.45) is 0 Å². The van der Waals surface area contributed by atoms with Crippen molar-refractivity contribution in [1.29, 1.82) is 0 Å². The van der Waals surface area contributed by atoms with Crippen LogP contribution < -0.4 is 14.8 Å². The number of nitrogens with one attached hydrogen (secondary N) is 1. The number of ether oxygens (including phenoxy) is 2. The van der Waals surface area contributed by atoms with E-state index < -0.39 is 0 Å². The average Bonchev–Trinajstić information content (AvgIpc) is 3.03. The highest BCUT2D eigenvalue weighted by Gasteiger charge is 2.35. The number of nitrogens with zero attached hydrogens (tertiary/aromatic N) is 2. The third-order valence-electron chi connectivity index (χ3n) is 5.35. The second-order valence-corrected chi connectivity index (χ2v) is 8.55. The van der Waals surface area contributed by atoms with Crippen molar-refractivity contribution in [3.05, 3.63) is 18.2 Å². The van der Waals surface area contributed by atoms with Crippen LogP contribution in [0.1, 0.15) is 19.3 Å². The molecule has 0 aromatic heterocycles. The highest BCUT2D eigenvalue weighted by Crippen LogP contribution is 2.32. The number of hydrogen-bond acceptors (Lipinski definition) is 6. The van der Waals surface area contributed by atoms with Gasteiger partial charge < -0.3 is 19.7 Å². The molecule has 1 atom stereocenters. The van der Waals surface area contributed by atoms with Gasteiger partial charge in [0.25, 0.3) is 0 Å². The number of hydrogen-bond donors (Lipinski definition) is 1. The molecule has 3 aliphatic rings. The molecular formula is C20H27N3O4S. The van der Waals surface area contributed by atoms with E-state index in [4.69, 9.17) is 9.47 Å². The maximum absolute atomic E-state index is 12.9. The zero-order valence-electron chi connectivity index (χ0n) is 16.0. The van der Waals surface area contributed by atoms with E-state index in [0.717, 1.165) is 50.4 Å². The van der Waals surface area contributed by atoms with Crippen molar-refractivity contribution < 1.29 is 19.1 Å². The first kappa shape index (κ1) is 19.4. The lowest BCUT2D eigenvalue weighted by Crippen LogP contribution is -2.49. The predicted molar refractivity (Wildman–Crippen MR) is 109 cm³/mol. The molecule has 7 nitrogen and oxygen atoms in total. The van der Waals surface area contributed by atoms with Gasteiger partial charge >= 0.3 is 0 Å². The van der Waals surface area contributed by atoms with E-state index >= 15 is 0 Å². The number of anilines is 1. The molecule has 152 valence electrons. The Morgan fingerprint density at radius 2 is 1.86 bits per heavy atom. The van der Waals surface area contributed by atoms with E-state index in [1.54, 1.807) is 6.07 Å². The first-order valence-corrected chi connectivity index (χ1v) is 11.2. The number of fused-ring (bicyclic) bond motifs is 1. The molecule has 0 radical (unpaired) electrons. The van der Waals surface area contributed by atoms with Gasteiger partial charge in [0.05, 0.1) is 25.8 Å². The van der Waals surface area contributed by atoms with Gasteiger partial charge in [-0.25, -0.2) is 0 Å². The molecule has 0 aliphatic carbocycles. The standard InChI is InChI=1S/C20H27N3O4S/c24-19(21-15-4-5-17-18(13-15)27-10-2-9-26-17)14-23-6-1-3-16(23)20(25)22-7-11-28-12-8-22/h4-5,13,16H,1-3,6-12,14H2,(H,21,24). The maximum Gasteiger partial charge on any atom is 0.239 e. The Balaban J connectivity index is 1.35. The second kappa shape index (κ2) is 9.05. The van der Waals surface area contributed by atoms with E-state index in [-0.39, 0.29) is 24.4 Å². The minimum Gasteiger partial charge on any atom is -0.490 e. The minimum atomic E-state index is -0.169. The summed E-state index contributed by atoms with van der Waals surface area (Å²) in [6, 6.07) is 5.28. The summed E-state index contributed by atoms with van der Waals surface area (Å²) in [4.78, 5) is 29.4. The molecule has 2 saturated heterocycles. The monoisotopic (exact) mass is 405 g/mol. The summed E-state index contributed by atoms with van der Waals surface area (Å²) in [5.41, 5.74) is 0.685. The van der Waals surface area contributed by atoms with Crippen LogP contribution in [0, 0.1) is 0 Å². The van der Waals surface area contributed by atoms with Gasteiger partial charge in [-0.05, 0) is 31.5 Å². The molecule has 3 aliphatic heterocycles. The summed E-state index contributed by atoms with van der Waals surface area (Å²) < 4.78 is 11.3. The van der Waals surface area contributed by atoms with Crippen molar-refractivity contribution in [3.8, 4) is 11.5 Å². The molecule has 4 rings (SSSR count). The Morgan fingerprint density at radius 1 is 1.07 bits per heavy atom. The molecule has 1 aromatic rings. The first-order chi connectivity index (χ1) is 13.7. The smallest absolute Gasteiger partial charge is 0.239 e. The average molecular weight is 406 g/mol. The summed E-state index contributed by atoms with van der Waals surface area (Å²) in [5, 5.41) is 2.93. The van der Waals surface area contributed by atoms with Crippen molar-refractivity contribution in [1.82, 2.24) is 9.80 Å². The number of amides is 2. The molecule has 1 N–H and O–H groups in total. The van der Waals surface area contributed by atoms with E-state index in [2.05, 4.69) is 5.32 Å². The lowest BCUT2D eigenvalue weighted by atomic mass is 10.2. The summed E-state index contributed by atoms with van der Waals surface area (Å²) in [6.45, 7) is 3.89. The van der Waals surface area contributed by atoms with Gasteiger partial charge in [0.2, 0.25) is 11.8 Å². The molecule has 1 unspecified atom stereocenters. The molecule has 0 saturated carbocycles. The van der Waals surface area contributed by atoms with Gasteiger partial charge in [0.1, 0.15) is 0 Å². The Bertz CT molecular complexity index is 723. The zero-order valence-corrected chi connectivity index (χ0v) is 16.8. The minimum absolute atomic E-state index is 0.108. The molecule has 0 spiro atoms. The third-order valence-corrected chi connectivity index (χ3v) is 6.29. The largest absolute Gasteiger partial charge is 0.490 e. The van der Waals surface area contributed by atoms with Crippen molar-refractivity contribution >= 4 is 29.3 Å². The molecular weight excluding hydrogens is 378 g/mol. The number of benzene rings is 1. The van der Waals surface area contributed by atoms with Crippen LogP contribution in [0.2, 0.25) is 0 Å². The fourth-order valence-electron chi connectivity index (χ4n) is 3.92. The molecule has 8 heteroatoms. The SMILES string of the molecule is O=C(CN1CCCC1C(=O)N1CCSCC1)Nc1ccc2c(c1)OCCCO2. The van der Waals surface area contributed by atoms with Gasteiger partial charge in [0, 0.05) is 42.8 Å². The molecule has 0 bridgehead atoms. The summed E-state index contributed by atoms with van der Waals surface area (Å²) >= 11 is 1.89. The molecule has 3 heterocycles. The topological polar surface area (TPSA) is 71.1 Å². The fourth-order valence-corrected chi connectivity index (χ4v) is 4.82. The highest BCUT2D eigenvalue weighted by atomic mass is 32.2. The van der Waals surface area contributed by atoms with Crippen molar-refractivity contribution in [3.63, 3.8) is 0 Å². The Kier molecular flexibility index (Phi) is 6.26. The van der Waals surface area contributed by atoms with Gasteiger partial charge in [-0.1, -0.05) is 0 Å². The highest BCUT2D eigenvalue weighted by molar-refractivity contribution is 7.99. The first-order valence-electron chi connectivity index (χ1n) is 10.0. The van der Waals surface area contributed by atoms with E-state index in [1.807, 2.05) is 33.7 Å². The van der Waals surface area contributed by atoms with Crippen LogP contribution in [0.4, 0.5) is 5.69 Å². The number of carbonyl (C=O) groups excluding carboxylic acids is 2. The van der Waals surface area contributed by atoms with Gasteiger partial charge in [-0.3, -0.25) is 14.5 Å². The third kappa shape index (κ3) is 4.55. The van der Waals surface area contributed by atoms with E-state index in [0.29, 0.717) is 30.4 Å². The quantitative estimate of drug-likeness (QED) is 0.824. The second-order valence-electron chi connectivity index (χ2n) is 7.33. The predicted octanol–water partition coefficient (Wildman–Crippen LogP) is 1.83. The number of likely N-dealkylation sites (tertiary alicyclic amines) is 1. The number of thioether (sulfide) groups is 1. The van der Waals surface area contributed by atoms with Crippen molar-refractivity contribution in [2.45, 2.75) is 25.3 Å². The van der Waals surface area contributed by atoms with Crippen LogP contribution in [-0.2, 0) is 9.59 Å². The van der Waals surface area contributed by atoms with Crippen molar-refractivity contribution in [2.75, 3.05) is 56.2 Å². The van der Waals surface area contributed by atoms with Crippen LogP contribution in [-0.4, -0.2) is 78.6 Å². The van der Waals surface area contributed by atoms with Gasteiger partial charge in [-0.15, -0.1) is 0 Å². The number of carbonyl (C=O) groups is 2. The van der Waals surface area contributed by atoms with Crippen LogP contribution in [0.3, 0.4) is 0 Å². The Labute approximate surface area is 169 Å². The van der Waals surface area contributed by atoms with Gasteiger partial charge in [-0.2, -0.15) is 11.8 Å².